The minimum atomic E-state index is -0.525. The minimum absolute atomic E-state index is 0.180. The van der Waals surface area contributed by atoms with Crippen molar-refractivity contribution < 1.29 is 5.11 Å². The van der Waals surface area contributed by atoms with E-state index in [1.165, 1.54) is 11.3 Å². The molecule has 0 bridgehead atoms. The first-order chi connectivity index (χ1) is 7.92. The molecular weight excluding hydrogens is 230 g/mol. The monoisotopic (exact) mass is 253 g/mol. The number of aromatic nitrogens is 1. The number of thiazole rings is 1. The first-order valence-electron chi connectivity index (χ1n) is 6.51. The van der Waals surface area contributed by atoms with Crippen LogP contribution >= 0.6 is 11.3 Å². The molecule has 1 aromatic rings. The molecule has 0 radical (unpaired) electrons. The van der Waals surface area contributed by atoms with Gasteiger partial charge in [-0.1, -0.05) is 33.6 Å². The Labute approximate surface area is 108 Å². The lowest BCUT2D eigenvalue weighted by Gasteiger charge is -2.46. The van der Waals surface area contributed by atoms with Gasteiger partial charge in [-0.15, -0.1) is 11.3 Å². The lowest BCUT2D eigenvalue weighted by Crippen LogP contribution is -2.48. The fourth-order valence-electron chi connectivity index (χ4n) is 3.30. The van der Waals surface area contributed by atoms with Gasteiger partial charge in [0, 0.05) is 17.5 Å². The zero-order valence-electron chi connectivity index (χ0n) is 11.1. The fraction of sp³-hybridized carbons (Fsp3) is 0.786. The zero-order valence-corrected chi connectivity index (χ0v) is 11.9. The molecule has 0 amide bonds. The van der Waals surface area contributed by atoms with Crippen LogP contribution in [-0.4, -0.2) is 15.7 Å². The molecule has 0 spiro atoms. The van der Waals surface area contributed by atoms with Crippen molar-refractivity contribution in [2.45, 2.75) is 58.5 Å². The van der Waals surface area contributed by atoms with Crippen molar-refractivity contribution in [2.24, 2.45) is 11.3 Å². The molecule has 0 saturated heterocycles. The fourth-order valence-corrected chi connectivity index (χ4v) is 4.02. The van der Waals surface area contributed by atoms with E-state index in [4.69, 9.17) is 0 Å². The number of hydrogen-bond donors (Lipinski definition) is 1. The summed E-state index contributed by atoms with van der Waals surface area (Å²) in [5.74, 6) is 0.394. The summed E-state index contributed by atoms with van der Waals surface area (Å²) >= 11 is 1.66. The second-order valence-corrected chi connectivity index (χ2v) is 7.38. The van der Waals surface area contributed by atoms with Gasteiger partial charge in [-0.05, 0) is 24.2 Å². The molecule has 1 aliphatic rings. The summed E-state index contributed by atoms with van der Waals surface area (Å²) in [5.41, 5.74) is 1.51. The molecule has 2 nitrogen and oxygen atoms in total. The summed E-state index contributed by atoms with van der Waals surface area (Å²) < 4.78 is 0. The number of hydrogen-bond acceptors (Lipinski definition) is 3. The summed E-state index contributed by atoms with van der Waals surface area (Å²) in [7, 11) is 0. The smallest absolute Gasteiger partial charge is 0.0794 e. The summed E-state index contributed by atoms with van der Waals surface area (Å²) in [6, 6.07) is 0. The van der Waals surface area contributed by atoms with Crippen LogP contribution < -0.4 is 0 Å². The van der Waals surface area contributed by atoms with Gasteiger partial charge in [0.2, 0.25) is 0 Å². The quantitative estimate of drug-likeness (QED) is 0.872. The molecule has 96 valence electrons. The van der Waals surface area contributed by atoms with Crippen LogP contribution in [0.2, 0.25) is 0 Å². The molecule has 2 atom stereocenters. The van der Waals surface area contributed by atoms with Crippen LogP contribution in [0.25, 0.3) is 0 Å². The summed E-state index contributed by atoms with van der Waals surface area (Å²) in [4.78, 5) is 5.33. The van der Waals surface area contributed by atoms with E-state index in [-0.39, 0.29) is 5.41 Å². The van der Waals surface area contributed by atoms with Gasteiger partial charge in [0.25, 0.3) is 0 Å². The van der Waals surface area contributed by atoms with E-state index in [0.717, 1.165) is 25.7 Å². The average Bonchev–Trinajstić information content (AvgIpc) is 2.68. The van der Waals surface area contributed by atoms with E-state index in [0.29, 0.717) is 5.92 Å². The van der Waals surface area contributed by atoms with Gasteiger partial charge in [-0.2, -0.15) is 0 Å². The van der Waals surface area contributed by atoms with Crippen molar-refractivity contribution in [1.82, 2.24) is 4.98 Å². The number of nitrogens with zero attached hydrogens (tertiary/aromatic N) is 1. The predicted octanol–water partition coefficient (Wildman–Crippen LogP) is 3.65. The highest BCUT2D eigenvalue weighted by Crippen LogP contribution is 2.46. The number of aliphatic hydroxyl groups is 1. The van der Waals surface area contributed by atoms with Crippen molar-refractivity contribution in [3.63, 3.8) is 0 Å². The van der Waals surface area contributed by atoms with Crippen LogP contribution in [0, 0.1) is 11.3 Å². The molecule has 2 unspecified atom stereocenters. The van der Waals surface area contributed by atoms with E-state index in [9.17, 15) is 5.11 Å². The summed E-state index contributed by atoms with van der Waals surface area (Å²) in [6.45, 7) is 6.75. The largest absolute Gasteiger partial charge is 0.389 e. The second kappa shape index (κ2) is 4.69. The van der Waals surface area contributed by atoms with E-state index in [1.54, 1.807) is 11.3 Å². The molecule has 1 fully saturated rings. The Morgan fingerprint density at radius 1 is 1.47 bits per heavy atom. The van der Waals surface area contributed by atoms with Crippen LogP contribution in [0.3, 0.4) is 0 Å². The Hall–Kier alpha value is -0.410. The van der Waals surface area contributed by atoms with Crippen LogP contribution in [0.1, 0.15) is 51.3 Å². The summed E-state index contributed by atoms with van der Waals surface area (Å²) in [6.07, 6.45) is 7.18. The van der Waals surface area contributed by atoms with Crippen molar-refractivity contribution in [3.05, 3.63) is 16.6 Å². The van der Waals surface area contributed by atoms with E-state index in [2.05, 4.69) is 25.8 Å². The first kappa shape index (κ1) is 13.0. The van der Waals surface area contributed by atoms with Crippen molar-refractivity contribution in [2.75, 3.05) is 0 Å². The first-order valence-corrected chi connectivity index (χ1v) is 7.39. The molecule has 1 saturated carbocycles. The third-order valence-electron chi connectivity index (χ3n) is 4.01. The number of rotatable bonds is 2. The highest BCUT2D eigenvalue weighted by atomic mass is 32.1. The maximum atomic E-state index is 11.0. The second-order valence-electron chi connectivity index (χ2n) is 6.41. The average molecular weight is 253 g/mol. The van der Waals surface area contributed by atoms with Crippen LogP contribution in [-0.2, 0) is 6.42 Å². The molecule has 1 heterocycles. The van der Waals surface area contributed by atoms with Crippen molar-refractivity contribution in [3.8, 4) is 0 Å². The molecule has 17 heavy (non-hydrogen) atoms. The van der Waals surface area contributed by atoms with Gasteiger partial charge >= 0.3 is 0 Å². The maximum absolute atomic E-state index is 11.0. The molecule has 2 rings (SSSR count). The van der Waals surface area contributed by atoms with Crippen LogP contribution in [0.4, 0.5) is 0 Å². The maximum Gasteiger partial charge on any atom is 0.0794 e. The van der Waals surface area contributed by atoms with Crippen LogP contribution in [0.5, 0.6) is 0 Å². The molecule has 3 heteroatoms. The Morgan fingerprint density at radius 2 is 2.24 bits per heavy atom. The van der Waals surface area contributed by atoms with E-state index >= 15 is 0 Å². The lowest BCUT2D eigenvalue weighted by molar-refractivity contribution is -0.0884. The van der Waals surface area contributed by atoms with Crippen LogP contribution in [0.15, 0.2) is 11.7 Å². The van der Waals surface area contributed by atoms with Gasteiger partial charge in [-0.3, -0.25) is 4.98 Å². The SMILES string of the molecule is CC(C)(C)C1CCCCC1(O)Cc1cncs1. The molecule has 0 aliphatic heterocycles. The van der Waals surface area contributed by atoms with Gasteiger partial charge in [0.05, 0.1) is 11.1 Å². The molecule has 1 aliphatic carbocycles. The van der Waals surface area contributed by atoms with E-state index in [1.807, 2.05) is 11.7 Å². The zero-order chi connectivity index (χ0) is 12.5. The normalized spacial score (nSPS) is 30.5. The third-order valence-corrected chi connectivity index (χ3v) is 4.79. The van der Waals surface area contributed by atoms with Gasteiger partial charge in [0.1, 0.15) is 0 Å². The van der Waals surface area contributed by atoms with Gasteiger partial charge < -0.3 is 5.11 Å². The third kappa shape index (κ3) is 2.89. The summed E-state index contributed by atoms with van der Waals surface area (Å²) in [5, 5.41) is 11.0. The Morgan fingerprint density at radius 3 is 2.82 bits per heavy atom. The van der Waals surface area contributed by atoms with Gasteiger partial charge in [-0.25, -0.2) is 0 Å². The van der Waals surface area contributed by atoms with Crippen molar-refractivity contribution in [1.29, 1.82) is 0 Å². The molecule has 1 N–H and O–H groups in total. The highest BCUT2D eigenvalue weighted by molar-refractivity contribution is 7.09. The Balaban J connectivity index is 2.19. The minimum Gasteiger partial charge on any atom is -0.389 e. The van der Waals surface area contributed by atoms with Gasteiger partial charge in [0.15, 0.2) is 0 Å². The lowest BCUT2D eigenvalue weighted by atomic mass is 9.62. The van der Waals surface area contributed by atoms with Crippen molar-refractivity contribution >= 4 is 11.3 Å². The molecule has 0 aromatic carbocycles. The topological polar surface area (TPSA) is 33.1 Å². The Kier molecular flexibility index (Phi) is 3.60. The molecular formula is C14H23NOS. The molecule has 1 aromatic heterocycles. The predicted molar refractivity (Wildman–Crippen MR) is 72.2 cm³/mol. The van der Waals surface area contributed by atoms with E-state index < -0.39 is 5.60 Å². The standard InChI is InChI=1S/C14H23NOS/c1-13(2,3)12-6-4-5-7-14(12,16)8-11-9-15-10-17-11/h9-10,12,16H,4-8H2,1-3H3. The highest BCUT2D eigenvalue weighted by Gasteiger charge is 2.44. The Bertz CT molecular complexity index is 355.